The standard InChI is InChI=1S/C17H20O2.C14H18.C11H22O.H2/c1-4-5-12-6-7-13-10-14(16(18)11(2)3)8-9-15(13)17(12)19;1-3-5-10-13(9-4-2)14-11-7-6-8-12-14;1-3-4-5-6-7-8-9-10-11(2)12;/h8-10,12H,2,4-7H2,1,3H3;1,6-8,11-13H,4-5,9-10H2,2H3;3-10H2,1-2H3;1H. The largest absolute Gasteiger partial charge is 0.300 e. The summed E-state index contributed by atoms with van der Waals surface area (Å²) in [5, 5.41) is 0. The van der Waals surface area contributed by atoms with E-state index in [0.717, 1.165) is 62.5 Å². The molecule has 0 amide bonds. The molecule has 2 aromatic rings. The molecular formula is C42H62O3. The van der Waals surface area contributed by atoms with Crippen LogP contribution < -0.4 is 0 Å². The Morgan fingerprint density at radius 3 is 2.16 bits per heavy atom. The number of ketones is 3. The van der Waals surface area contributed by atoms with Gasteiger partial charge in [0.1, 0.15) is 5.78 Å². The van der Waals surface area contributed by atoms with Crippen molar-refractivity contribution in [1.29, 1.82) is 0 Å². The normalized spacial score (nSPS) is 14.0. The molecule has 0 N–H and O–H groups in total. The average Bonchev–Trinajstić information content (AvgIpc) is 3.04. The van der Waals surface area contributed by atoms with Gasteiger partial charge in [0.15, 0.2) is 11.6 Å². The van der Waals surface area contributed by atoms with Crippen molar-refractivity contribution in [3.63, 3.8) is 0 Å². The Hall–Kier alpha value is -3.25. The molecule has 0 saturated carbocycles. The summed E-state index contributed by atoms with van der Waals surface area (Å²) in [4.78, 5) is 34.8. The Balaban J connectivity index is 0.000000676. The van der Waals surface area contributed by atoms with Gasteiger partial charge >= 0.3 is 0 Å². The Bertz CT molecular complexity index is 1210. The van der Waals surface area contributed by atoms with Crippen molar-refractivity contribution >= 4 is 17.3 Å². The van der Waals surface area contributed by atoms with Gasteiger partial charge in [0.2, 0.25) is 0 Å². The van der Waals surface area contributed by atoms with Gasteiger partial charge in [-0.1, -0.05) is 121 Å². The summed E-state index contributed by atoms with van der Waals surface area (Å²) in [6.45, 7) is 13.6. The van der Waals surface area contributed by atoms with Crippen LogP contribution in [0, 0.1) is 18.3 Å². The van der Waals surface area contributed by atoms with Crippen molar-refractivity contribution in [3.05, 3.63) is 82.9 Å². The topological polar surface area (TPSA) is 51.2 Å². The van der Waals surface area contributed by atoms with Crippen molar-refractivity contribution in [2.24, 2.45) is 5.92 Å². The van der Waals surface area contributed by atoms with E-state index in [1.54, 1.807) is 19.9 Å². The molecule has 0 radical (unpaired) electrons. The third-order valence-electron chi connectivity index (χ3n) is 8.47. The van der Waals surface area contributed by atoms with Crippen LogP contribution in [0.4, 0.5) is 0 Å². The summed E-state index contributed by atoms with van der Waals surface area (Å²) in [5.74, 6) is 4.09. The molecule has 3 rings (SSSR count). The molecule has 0 heterocycles. The van der Waals surface area contributed by atoms with Crippen molar-refractivity contribution in [2.45, 2.75) is 143 Å². The predicted octanol–water partition coefficient (Wildman–Crippen LogP) is 11.9. The highest BCUT2D eigenvalue weighted by atomic mass is 16.1. The summed E-state index contributed by atoms with van der Waals surface area (Å²) in [7, 11) is 0. The molecule has 0 spiro atoms. The molecule has 1 aliphatic carbocycles. The van der Waals surface area contributed by atoms with Crippen molar-refractivity contribution in [3.8, 4) is 12.3 Å². The van der Waals surface area contributed by atoms with Crippen LogP contribution in [0.15, 0.2) is 60.7 Å². The Labute approximate surface area is 277 Å². The zero-order valence-corrected chi connectivity index (χ0v) is 29.1. The number of fused-ring (bicyclic) bond motifs is 1. The van der Waals surface area contributed by atoms with Crippen LogP contribution in [0.2, 0.25) is 0 Å². The first-order valence-electron chi connectivity index (χ1n) is 17.5. The van der Waals surface area contributed by atoms with Crippen LogP contribution in [-0.2, 0) is 11.2 Å². The molecule has 2 unspecified atom stereocenters. The molecule has 1 aliphatic rings. The molecule has 0 aromatic heterocycles. The molecule has 0 fully saturated rings. The van der Waals surface area contributed by atoms with E-state index >= 15 is 0 Å². The lowest BCUT2D eigenvalue weighted by Gasteiger charge is -2.23. The second kappa shape index (κ2) is 24.0. The van der Waals surface area contributed by atoms with Gasteiger partial charge in [0, 0.05) is 31.3 Å². The summed E-state index contributed by atoms with van der Waals surface area (Å²) in [5.41, 5.74) is 4.44. The monoisotopic (exact) mass is 614 g/mol. The predicted molar refractivity (Wildman–Crippen MR) is 194 cm³/mol. The molecule has 0 bridgehead atoms. The number of terminal acetylenes is 1. The fourth-order valence-electron chi connectivity index (χ4n) is 5.87. The minimum absolute atomic E-state index is 0. The molecule has 3 nitrogen and oxygen atoms in total. The first-order valence-corrected chi connectivity index (χ1v) is 17.5. The first-order chi connectivity index (χ1) is 21.7. The minimum Gasteiger partial charge on any atom is -0.300 e. The molecule has 0 saturated heterocycles. The Morgan fingerprint density at radius 2 is 1.58 bits per heavy atom. The second-order valence-corrected chi connectivity index (χ2v) is 12.6. The SMILES string of the molecule is C#CCCC(CCC)c1ccccc1.C=C(C)C(=O)c1ccc2c(c1)CCC(CCC)C2=O.CCCCCCCCCC(C)=O.[HH]. The zero-order valence-electron chi connectivity index (χ0n) is 29.1. The van der Waals surface area contributed by atoms with Gasteiger partial charge in [-0.05, 0) is 81.1 Å². The molecular weight excluding hydrogens is 552 g/mol. The maximum absolute atomic E-state index is 12.3. The zero-order chi connectivity index (χ0) is 33.5. The number of benzene rings is 2. The number of carbonyl (C=O) groups is 3. The van der Waals surface area contributed by atoms with Gasteiger partial charge in [-0.15, -0.1) is 12.3 Å². The number of hydrogen-bond donors (Lipinski definition) is 0. The number of aryl methyl sites for hydroxylation is 1. The molecule has 0 aliphatic heterocycles. The fraction of sp³-hybridized carbons (Fsp3) is 0.548. The third-order valence-corrected chi connectivity index (χ3v) is 8.47. The second-order valence-electron chi connectivity index (χ2n) is 12.6. The maximum atomic E-state index is 12.3. The minimum atomic E-state index is -0.0362. The molecule has 2 atom stereocenters. The lowest BCUT2D eigenvalue weighted by molar-refractivity contribution is -0.117. The summed E-state index contributed by atoms with van der Waals surface area (Å²) < 4.78 is 0. The number of hydrogen-bond acceptors (Lipinski definition) is 3. The quantitative estimate of drug-likeness (QED) is 0.0771. The van der Waals surface area contributed by atoms with E-state index in [2.05, 4.69) is 63.6 Å². The van der Waals surface area contributed by atoms with Crippen LogP contribution >= 0.6 is 0 Å². The Kier molecular flexibility index (Phi) is 21.3. The molecule has 248 valence electrons. The summed E-state index contributed by atoms with van der Waals surface area (Å²) >= 11 is 0. The average molecular weight is 615 g/mol. The van der Waals surface area contributed by atoms with Crippen LogP contribution in [0.25, 0.3) is 0 Å². The van der Waals surface area contributed by atoms with Crippen LogP contribution in [0.5, 0.6) is 0 Å². The van der Waals surface area contributed by atoms with Gasteiger partial charge in [0.25, 0.3) is 0 Å². The van der Waals surface area contributed by atoms with E-state index in [-0.39, 0.29) is 18.9 Å². The van der Waals surface area contributed by atoms with Gasteiger partial charge in [-0.25, -0.2) is 0 Å². The smallest absolute Gasteiger partial charge is 0.188 e. The van der Waals surface area contributed by atoms with Crippen molar-refractivity contribution < 1.29 is 15.8 Å². The lowest BCUT2D eigenvalue weighted by atomic mass is 9.80. The van der Waals surface area contributed by atoms with Crippen molar-refractivity contribution in [1.82, 2.24) is 0 Å². The fourth-order valence-corrected chi connectivity index (χ4v) is 5.87. The van der Waals surface area contributed by atoms with Gasteiger partial charge < -0.3 is 4.79 Å². The van der Waals surface area contributed by atoms with Crippen LogP contribution in [0.1, 0.15) is 170 Å². The summed E-state index contributed by atoms with van der Waals surface area (Å²) in [6.07, 6.45) is 23.4. The van der Waals surface area contributed by atoms with Crippen LogP contribution in [0.3, 0.4) is 0 Å². The van der Waals surface area contributed by atoms with E-state index in [4.69, 9.17) is 6.42 Å². The number of carbonyl (C=O) groups excluding carboxylic acids is 3. The Morgan fingerprint density at radius 1 is 0.911 bits per heavy atom. The van der Waals surface area contributed by atoms with Crippen molar-refractivity contribution in [2.75, 3.05) is 0 Å². The van der Waals surface area contributed by atoms with E-state index in [0.29, 0.717) is 22.8 Å². The lowest BCUT2D eigenvalue weighted by Crippen LogP contribution is -2.22. The number of Topliss-reactive ketones (excluding diaryl/α,β-unsaturated/α-hetero) is 3. The van der Waals surface area contributed by atoms with Gasteiger partial charge in [0.05, 0.1) is 0 Å². The molecule has 45 heavy (non-hydrogen) atoms. The number of unbranched alkanes of at least 4 members (excludes halogenated alkanes) is 6. The maximum Gasteiger partial charge on any atom is 0.188 e. The number of rotatable bonds is 17. The van der Waals surface area contributed by atoms with E-state index in [9.17, 15) is 14.4 Å². The van der Waals surface area contributed by atoms with E-state index in [1.165, 1.54) is 56.9 Å². The van der Waals surface area contributed by atoms with E-state index < -0.39 is 0 Å². The van der Waals surface area contributed by atoms with Gasteiger partial charge in [-0.2, -0.15) is 0 Å². The highest BCUT2D eigenvalue weighted by Crippen LogP contribution is 2.29. The highest BCUT2D eigenvalue weighted by molar-refractivity contribution is 6.09. The summed E-state index contributed by atoms with van der Waals surface area (Å²) in [6, 6.07) is 16.1. The van der Waals surface area contributed by atoms with E-state index in [1.807, 2.05) is 12.1 Å². The number of allylic oxidation sites excluding steroid dienone is 1. The van der Waals surface area contributed by atoms with Gasteiger partial charge in [-0.3, -0.25) is 9.59 Å². The highest BCUT2D eigenvalue weighted by Gasteiger charge is 2.27. The molecule has 3 heteroatoms. The van der Waals surface area contributed by atoms with Crippen LogP contribution in [-0.4, -0.2) is 17.3 Å². The third kappa shape index (κ3) is 16.0. The molecule has 2 aromatic carbocycles. The first kappa shape index (κ1) is 39.8.